The van der Waals surface area contributed by atoms with Crippen molar-refractivity contribution >= 4 is 11.6 Å². The van der Waals surface area contributed by atoms with Crippen LogP contribution in [0.15, 0.2) is 54.6 Å². The van der Waals surface area contributed by atoms with Crippen LogP contribution in [0.5, 0.6) is 5.75 Å². The first-order valence-electron chi connectivity index (χ1n) is 10.7. The van der Waals surface area contributed by atoms with Crippen molar-refractivity contribution in [2.45, 2.75) is 39.7 Å². The van der Waals surface area contributed by atoms with Crippen LogP contribution in [0, 0.1) is 0 Å². The molecule has 2 rings (SSSR count). The standard InChI is InChI=1S/C24H34N2O5/c1-4-29-24(30-5-2)17-26(15-20-11-7-6-8-12-20)16-21(28)18-31-23-14-10-9-13-22(23)25-19(3)27/h6-14,21,24,28H,4-5,15-18H2,1-3H3,(H,25,27). The van der Waals surface area contributed by atoms with Gasteiger partial charge >= 0.3 is 0 Å². The Hall–Kier alpha value is -2.45. The van der Waals surface area contributed by atoms with Gasteiger partial charge in [0.05, 0.1) is 5.69 Å². The van der Waals surface area contributed by atoms with E-state index in [4.69, 9.17) is 14.2 Å². The molecule has 1 atom stereocenters. The minimum absolute atomic E-state index is 0.0931. The van der Waals surface area contributed by atoms with E-state index in [2.05, 4.69) is 22.3 Å². The number of hydrogen-bond donors (Lipinski definition) is 2. The number of anilines is 1. The summed E-state index contributed by atoms with van der Waals surface area (Å²) in [5, 5.41) is 13.4. The largest absolute Gasteiger partial charge is 0.489 e. The Labute approximate surface area is 184 Å². The van der Waals surface area contributed by atoms with Gasteiger partial charge in [-0.15, -0.1) is 0 Å². The van der Waals surface area contributed by atoms with E-state index in [0.29, 0.717) is 44.3 Å². The van der Waals surface area contributed by atoms with E-state index in [1.54, 1.807) is 12.1 Å². The molecule has 0 aliphatic heterocycles. The fourth-order valence-electron chi connectivity index (χ4n) is 3.20. The zero-order valence-electron chi connectivity index (χ0n) is 18.6. The summed E-state index contributed by atoms with van der Waals surface area (Å²) >= 11 is 0. The number of aliphatic hydroxyl groups excluding tert-OH is 1. The van der Waals surface area contributed by atoms with E-state index < -0.39 is 6.10 Å². The Kier molecular flexibility index (Phi) is 11.0. The lowest BCUT2D eigenvalue weighted by Gasteiger charge is -2.29. The predicted molar refractivity (Wildman–Crippen MR) is 121 cm³/mol. The van der Waals surface area contributed by atoms with Crippen LogP contribution in [-0.4, -0.2) is 61.2 Å². The van der Waals surface area contributed by atoms with Crippen molar-refractivity contribution < 1.29 is 24.1 Å². The summed E-state index contributed by atoms with van der Waals surface area (Å²) in [5.41, 5.74) is 1.72. The Balaban J connectivity index is 2.01. The SMILES string of the molecule is CCOC(CN(Cc1ccccc1)CC(O)COc1ccccc1NC(C)=O)OCC. The molecule has 2 N–H and O–H groups in total. The Bertz CT molecular complexity index is 766. The molecule has 0 saturated carbocycles. The monoisotopic (exact) mass is 430 g/mol. The first-order chi connectivity index (χ1) is 15.0. The third-order valence-corrected chi connectivity index (χ3v) is 4.46. The lowest BCUT2D eigenvalue weighted by Crippen LogP contribution is -2.41. The number of amides is 1. The van der Waals surface area contributed by atoms with Crippen molar-refractivity contribution in [1.29, 1.82) is 0 Å². The summed E-state index contributed by atoms with van der Waals surface area (Å²) in [6.45, 7) is 8.06. The van der Waals surface area contributed by atoms with Crippen LogP contribution in [-0.2, 0) is 20.8 Å². The molecule has 31 heavy (non-hydrogen) atoms. The van der Waals surface area contributed by atoms with Crippen LogP contribution in [0.25, 0.3) is 0 Å². The van der Waals surface area contributed by atoms with Crippen LogP contribution < -0.4 is 10.1 Å². The maximum absolute atomic E-state index is 11.4. The second-order valence-electron chi connectivity index (χ2n) is 7.16. The molecule has 1 amide bonds. The molecule has 170 valence electrons. The molecular weight excluding hydrogens is 396 g/mol. The molecule has 1 unspecified atom stereocenters. The maximum atomic E-state index is 11.4. The quantitative estimate of drug-likeness (QED) is 0.448. The zero-order chi connectivity index (χ0) is 22.5. The summed E-state index contributed by atoms with van der Waals surface area (Å²) in [6, 6.07) is 17.2. The van der Waals surface area contributed by atoms with Crippen molar-refractivity contribution in [3.63, 3.8) is 0 Å². The summed E-state index contributed by atoms with van der Waals surface area (Å²) in [6.07, 6.45) is -1.11. The Morgan fingerprint density at radius 1 is 1.00 bits per heavy atom. The van der Waals surface area contributed by atoms with Crippen molar-refractivity contribution in [2.75, 3.05) is 38.2 Å². The van der Waals surface area contributed by atoms with Gasteiger partial charge in [-0.25, -0.2) is 0 Å². The molecule has 7 heteroatoms. The fourth-order valence-corrected chi connectivity index (χ4v) is 3.20. The molecular formula is C24H34N2O5. The first-order valence-corrected chi connectivity index (χ1v) is 10.7. The molecule has 0 saturated heterocycles. The Morgan fingerprint density at radius 3 is 2.29 bits per heavy atom. The third-order valence-electron chi connectivity index (χ3n) is 4.46. The van der Waals surface area contributed by atoms with Crippen LogP contribution in [0.4, 0.5) is 5.69 Å². The molecule has 0 aliphatic rings. The average molecular weight is 431 g/mol. The van der Waals surface area contributed by atoms with Crippen molar-refractivity contribution in [2.24, 2.45) is 0 Å². The van der Waals surface area contributed by atoms with Gasteiger partial charge in [0.25, 0.3) is 0 Å². The van der Waals surface area contributed by atoms with Gasteiger partial charge in [-0.05, 0) is 31.5 Å². The number of nitrogens with zero attached hydrogens (tertiary/aromatic N) is 1. The second kappa shape index (κ2) is 13.8. The van der Waals surface area contributed by atoms with Crippen LogP contribution in [0.2, 0.25) is 0 Å². The molecule has 0 aromatic heterocycles. The van der Waals surface area contributed by atoms with Crippen molar-refractivity contribution in [1.82, 2.24) is 4.90 Å². The molecule has 0 fully saturated rings. The molecule has 2 aromatic rings. The maximum Gasteiger partial charge on any atom is 0.221 e. The number of nitrogens with one attached hydrogen (secondary N) is 1. The van der Waals surface area contributed by atoms with Gasteiger partial charge in [0.1, 0.15) is 18.5 Å². The summed E-state index contributed by atoms with van der Waals surface area (Å²) in [5.74, 6) is 0.344. The van der Waals surface area contributed by atoms with Gasteiger partial charge in [0, 0.05) is 39.8 Å². The van der Waals surface area contributed by atoms with E-state index in [9.17, 15) is 9.90 Å². The number of benzene rings is 2. The highest BCUT2D eigenvalue weighted by atomic mass is 16.7. The predicted octanol–water partition coefficient (Wildman–Crippen LogP) is 3.29. The lowest BCUT2D eigenvalue weighted by molar-refractivity contribution is -0.150. The molecule has 0 spiro atoms. The van der Waals surface area contributed by atoms with Crippen molar-refractivity contribution in [3.8, 4) is 5.75 Å². The Morgan fingerprint density at radius 2 is 1.65 bits per heavy atom. The van der Waals surface area contributed by atoms with E-state index in [-0.39, 0.29) is 18.8 Å². The minimum atomic E-state index is -0.738. The number of aliphatic hydroxyl groups is 1. The highest BCUT2D eigenvalue weighted by molar-refractivity contribution is 5.90. The van der Waals surface area contributed by atoms with E-state index in [1.807, 2.05) is 44.2 Å². The van der Waals surface area contributed by atoms with Gasteiger partial charge in [0.15, 0.2) is 6.29 Å². The molecule has 2 aromatic carbocycles. The van der Waals surface area contributed by atoms with Crippen LogP contribution >= 0.6 is 0 Å². The number of ether oxygens (including phenoxy) is 3. The van der Waals surface area contributed by atoms with Gasteiger partial charge in [-0.1, -0.05) is 42.5 Å². The van der Waals surface area contributed by atoms with Gasteiger partial charge in [-0.3, -0.25) is 9.69 Å². The van der Waals surface area contributed by atoms with Crippen molar-refractivity contribution in [3.05, 3.63) is 60.2 Å². The first kappa shape index (κ1) is 24.8. The number of carbonyl (C=O) groups is 1. The van der Waals surface area contributed by atoms with Gasteiger partial charge in [-0.2, -0.15) is 0 Å². The topological polar surface area (TPSA) is 80.3 Å². The zero-order valence-corrected chi connectivity index (χ0v) is 18.6. The lowest BCUT2D eigenvalue weighted by atomic mass is 10.2. The molecule has 7 nitrogen and oxygen atoms in total. The number of para-hydroxylation sites is 2. The number of rotatable bonds is 14. The molecule has 0 bridgehead atoms. The highest BCUT2D eigenvalue weighted by Crippen LogP contribution is 2.23. The van der Waals surface area contributed by atoms with E-state index >= 15 is 0 Å². The summed E-state index contributed by atoms with van der Waals surface area (Å²) in [4.78, 5) is 13.5. The van der Waals surface area contributed by atoms with Gasteiger partial charge < -0.3 is 24.6 Å². The van der Waals surface area contributed by atoms with Gasteiger partial charge in [0.2, 0.25) is 5.91 Å². The van der Waals surface area contributed by atoms with E-state index in [0.717, 1.165) is 5.56 Å². The summed E-state index contributed by atoms with van der Waals surface area (Å²) in [7, 11) is 0. The summed E-state index contributed by atoms with van der Waals surface area (Å²) < 4.78 is 17.2. The average Bonchev–Trinajstić information content (AvgIpc) is 2.74. The van der Waals surface area contributed by atoms with Crippen LogP contribution in [0.3, 0.4) is 0 Å². The normalized spacial score (nSPS) is 12.2. The molecule has 0 radical (unpaired) electrons. The number of hydrogen-bond acceptors (Lipinski definition) is 6. The molecule has 0 aliphatic carbocycles. The smallest absolute Gasteiger partial charge is 0.221 e. The van der Waals surface area contributed by atoms with E-state index in [1.165, 1.54) is 6.92 Å². The van der Waals surface area contributed by atoms with Crippen LogP contribution in [0.1, 0.15) is 26.3 Å². The minimum Gasteiger partial charge on any atom is -0.489 e. The fraction of sp³-hybridized carbons (Fsp3) is 0.458. The molecule has 0 heterocycles. The number of carbonyl (C=O) groups excluding carboxylic acids is 1. The second-order valence-corrected chi connectivity index (χ2v) is 7.16. The highest BCUT2D eigenvalue weighted by Gasteiger charge is 2.19. The third kappa shape index (κ3) is 9.48.